The summed E-state index contributed by atoms with van der Waals surface area (Å²) >= 11 is 1.47. The normalized spacial score (nSPS) is 11.0. The summed E-state index contributed by atoms with van der Waals surface area (Å²) in [5.74, 6) is -0.102. The molecule has 6 heteroatoms. The van der Waals surface area contributed by atoms with Crippen molar-refractivity contribution in [2.24, 2.45) is 0 Å². The fourth-order valence-corrected chi connectivity index (χ4v) is 3.95. The minimum atomic E-state index is -0.657. The van der Waals surface area contributed by atoms with Crippen molar-refractivity contribution in [2.75, 3.05) is 0 Å². The number of hydrogen-bond acceptors (Lipinski definition) is 3. The molecule has 3 aromatic carbocycles. The summed E-state index contributed by atoms with van der Waals surface area (Å²) in [6, 6.07) is 19.3. The molecule has 0 amide bonds. The Morgan fingerprint density at radius 3 is 2.38 bits per heavy atom. The molecule has 0 fully saturated rings. The number of halogens is 2. The van der Waals surface area contributed by atoms with Crippen molar-refractivity contribution >= 4 is 11.8 Å². The van der Waals surface area contributed by atoms with Crippen molar-refractivity contribution in [3.8, 4) is 17.1 Å². The molecule has 3 nitrogen and oxygen atoms in total. The fraction of sp³-hybridized carbons (Fsp3) is 0.130. The van der Waals surface area contributed by atoms with Gasteiger partial charge in [0.15, 0.2) is 11.0 Å². The van der Waals surface area contributed by atoms with Gasteiger partial charge < -0.3 is 0 Å². The summed E-state index contributed by atoms with van der Waals surface area (Å²) in [5.41, 5.74) is 4.63. The second-order valence-corrected chi connectivity index (χ2v) is 7.75. The van der Waals surface area contributed by atoms with Gasteiger partial charge in [-0.05, 0) is 42.7 Å². The van der Waals surface area contributed by atoms with E-state index in [1.165, 1.54) is 35.0 Å². The summed E-state index contributed by atoms with van der Waals surface area (Å²) < 4.78 is 29.7. The van der Waals surface area contributed by atoms with Gasteiger partial charge in [-0.2, -0.15) is 0 Å². The second kappa shape index (κ2) is 8.17. The lowest BCUT2D eigenvalue weighted by Gasteiger charge is -2.12. The van der Waals surface area contributed by atoms with E-state index < -0.39 is 11.6 Å². The smallest absolute Gasteiger partial charge is 0.196 e. The number of benzene rings is 3. The van der Waals surface area contributed by atoms with Crippen molar-refractivity contribution < 1.29 is 8.78 Å². The topological polar surface area (TPSA) is 30.7 Å². The molecule has 0 aliphatic rings. The van der Waals surface area contributed by atoms with Crippen LogP contribution in [0.2, 0.25) is 0 Å². The Balaban J connectivity index is 1.75. The molecule has 0 aliphatic carbocycles. The summed E-state index contributed by atoms with van der Waals surface area (Å²) in [4.78, 5) is 0. The van der Waals surface area contributed by atoms with Gasteiger partial charge in [0.25, 0.3) is 0 Å². The van der Waals surface area contributed by atoms with E-state index in [1.54, 1.807) is 4.57 Å². The van der Waals surface area contributed by atoms with E-state index in [0.29, 0.717) is 16.7 Å². The van der Waals surface area contributed by atoms with E-state index in [4.69, 9.17) is 0 Å². The lowest BCUT2D eigenvalue weighted by Crippen LogP contribution is -2.03. The molecule has 0 unspecified atom stereocenters. The van der Waals surface area contributed by atoms with Crippen LogP contribution in [-0.4, -0.2) is 14.8 Å². The van der Waals surface area contributed by atoms with Crippen LogP contribution in [0, 0.1) is 25.5 Å². The SMILES string of the molecule is Cc1ccc(CSc2nnc(-c3ccccc3)n2-c2ccc(F)cc2F)cc1C. The molecule has 0 radical (unpaired) electrons. The summed E-state index contributed by atoms with van der Waals surface area (Å²) in [6.07, 6.45) is 0. The van der Waals surface area contributed by atoms with Gasteiger partial charge in [0.1, 0.15) is 11.6 Å². The highest BCUT2D eigenvalue weighted by atomic mass is 32.2. The van der Waals surface area contributed by atoms with Gasteiger partial charge in [-0.3, -0.25) is 4.57 Å². The van der Waals surface area contributed by atoms with Crippen LogP contribution in [0.25, 0.3) is 17.1 Å². The predicted molar refractivity (Wildman–Crippen MR) is 112 cm³/mol. The van der Waals surface area contributed by atoms with Gasteiger partial charge >= 0.3 is 0 Å². The third-order valence-corrected chi connectivity index (χ3v) is 5.76. The maximum Gasteiger partial charge on any atom is 0.196 e. The number of rotatable bonds is 5. The Morgan fingerprint density at radius 1 is 0.862 bits per heavy atom. The molecule has 1 heterocycles. The fourth-order valence-electron chi connectivity index (χ4n) is 3.06. The highest BCUT2D eigenvalue weighted by Crippen LogP contribution is 2.31. The number of thioether (sulfide) groups is 1. The average molecular weight is 407 g/mol. The zero-order valence-corrected chi connectivity index (χ0v) is 16.9. The number of hydrogen-bond donors (Lipinski definition) is 0. The molecule has 4 aromatic rings. The molecular weight excluding hydrogens is 388 g/mol. The van der Waals surface area contributed by atoms with Crippen molar-refractivity contribution in [1.29, 1.82) is 0 Å². The van der Waals surface area contributed by atoms with Crippen LogP contribution >= 0.6 is 11.8 Å². The molecule has 1 aromatic heterocycles. The second-order valence-electron chi connectivity index (χ2n) is 6.81. The van der Waals surface area contributed by atoms with Gasteiger partial charge in [0, 0.05) is 17.4 Å². The average Bonchev–Trinajstić information content (AvgIpc) is 3.13. The highest BCUT2D eigenvalue weighted by Gasteiger charge is 2.19. The van der Waals surface area contributed by atoms with E-state index >= 15 is 0 Å². The third kappa shape index (κ3) is 4.07. The summed E-state index contributed by atoms with van der Waals surface area (Å²) in [5, 5.41) is 9.15. The Kier molecular flexibility index (Phi) is 5.45. The molecule has 4 rings (SSSR count). The van der Waals surface area contributed by atoms with Gasteiger partial charge in [-0.15, -0.1) is 10.2 Å². The summed E-state index contributed by atoms with van der Waals surface area (Å²) in [7, 11) is 0. The summed E-state index contributed by atoms with van der Waals surface area (Å²) in [6.45, 7) is 4.15. The van der Waals surface area contributed by atoms with Gasteiger partial charge in [0.05, 0.1) is 5.69 Å². The molecule has 0 saturated carbocycles. The van der Waals surface area contributed by atoms with E-state index in [1.807, 2.05) is 30.3 Å². The van der Waals surface area contributed by atoms with E-state index in [-0.39, 0.29) is 5.69 Å². The van der Waals surface area contributed by atoms with E-state index in [9.17, 15) is 8.78 Å². The third-order valence-electron chi connectivity index (χ3n) is 4.76. The molecular formula is C23H19F2N3S. The molecule has 0 spiro atoms. The Morgan fingerprint density at radius 2 is 1.66 bits per heavy atom. The Bertz CT molecular complexity index is 1160. The standard InChI is InChI=1S/C23H19F2N3S/c1-15-8-9-17(12-16(15)2)14-29-23-27-26-22(18-6-4-3-5-7-18)28(23)21-11-10-19(24)13-20(21)25/h3-13H,14H2,1-2H3. The van der Waals surface area contributed by atoms with Gasteiger partial charge in [0.2, 0.25) is 0 Å². The molecule has 0 bridgehead atoms. The molecule has 29 heavy (non-hydrogen) atoms. The van der Waals surface area contributed by atoms with Crippen LogP contribution in [0.3, 0.4) is 0 Å². The molecule has 146 valence electrons. The molecule has 0 atom stereocenters. The number of nitrogens with zero attached hydrogens (tertiary/aromatic N) is 3. The maximum atomic E-state index is 14.6. The van der Waals surface area contributed by atoms with Crippen LogP contribution in [0.4, 0.5) is 8.78 Å². The first kappa shape index (κ1) is 19.3. The molecule has 0 saturated heterocycles. The van der Waals surface area contributed by atoms with Crippen molar-refractivity contribution in [1.82, 2.24) is 14.8 Å². The predicted octanol–water partition coefficient (Wildman–Crippen LogP) is 6.12. The Labute approximate surface area is 172 Å². The number of aryl methyl sites for hydroxylation is 2. The van der Waals surface area contributed by atoms with Gasteiger partial charge in [-0.1, -0.05) is 60.3 Å². The lowest BCUT2D eigenvalue weighted by atomic mass is 10.1. The monoisotopic (exact) mass is 407 g/mol. The van der Waals surface area contributed by atoms with Gasteiger partial charge in [-0.25, -0.2) is 8.78 Å². The largest absolute Gasteiger partial charge is 0.267 e. The first-order valence-electron chi connectivity index (χ1n) is 9.18. The van der Waals surface area contributed by atoms with Crippen molar-refractivity contribution in [3.63, 3.8) is 0 Å². The van der Waals surface area contributed by atoms with E-state index in [0.717, 1.165) is 17.2 Å². The first-order valence-corrected chi connectivity index (χ1v) is 10.2. The zero-order chi connectivity index (χ0) is 20.4. The maximum absolute atomic E-state index is 14.6. The van der Waals surface area contributed by atoms with Crippen LogP contribution in [0.1, 0.15) is 16.7 Å². The highest BCUT2D eigenvalue weighted by molar-refractivity contribution is 7.98. The molecule has 0 N–H and O–H groups in total. The van der Waals surface area contributed by atoms with Crippen LogP contribution in [0.5, 0.6) is 0 Å². The quantitative estimate of drug-likeness (QED) is 0.373. The van der Waals surface area contributed by atoms with E-state index in [2.05, 4.69) is 42.2 Å². The van der Waals surface area contributed by atoms with Crippen LogP contribution in [-0.2, 0) is 5.75 Å². The minimum Gasteiger partial charge on any atom is -0.267 e. The van der Waals surface area contributed by atoms with Crippen LogP contribution in [0.15, 0.2) is 71.9 Å². The number of aromatic nitrogens is 3. The Hall–Kier alpha value is -2.99. The van der Waals surface area contributed by atoms with Crippen molar-refractivity contribution in [2.45, 2.75) is 24.8 Å². The molecule has 0 aliphatic heterocycles. The van der Waals surface area contributed by atoms with Crippen LogP contribution < -0.4 is 0 Å². The first-order chi connectivity index (χ1) is 14.0. The van der Waals surface area contributed by atoms with Crippen molar-refractivity contribution in [3.05, 3.63) is 95.1 Å². The zero-order valence-electron chi connectivity index (χ0n) is 16.1. The minimum absolute atomic E-state index is 0.220. The lowest BCUT2D eigenvalue weighted by molar-refractivity contribution is 0.575.